The molecule has 5 heteroatoms. The van der Waals surface area contributed by atoms with Crippen molar-refractivity contribution in [1.29, 1.82) is 0 Å². The van der Waals surface area contributed by atoms with Crippen molar-refractivity contribution in [2.75, 3.05) is 30.3 Å². The summed E-state index contributed by atoms with van der Waals surface area (Å²) in [5.41, 5.74) is 1.34. The van der Waals surface area contributed by atoms with E-state index < -0.39 is 0 Å². The van der Waals surface area contributed by atoms with E-state index in [1.807, 2.05) is 11.3 Å². The molecule has 0 radical (unpaired) electrons. The van der Waals surface area contributed by atoms with Crippen LogP contribution in [0.3, 0.4) is 0 Å². The molecule has 1 fully saturated rings. The lowest BCUT2D eigenvalue weighted by molar-refractivity contribution is 0.465. The van der Waals surface area contributed by atoms with Gasteiger partial charge in [0.15, 0.2) is 5.13 Å². The largest absolute Gasteiger partial charge is 0.346 e. The highest BCUT2D eigenvalue weighted by molar-refractivity contribution is 8.00. The third kappa shape index (κ3) is 3.00. The van der Waals surface area contributed by atoms with Crippen LogP contribution in [0.4, 0.5) is 5.13 Å². The van der Waals surface area contributed by atoms with Gasteiger partial charge in [0.2, 0.25) is 0 Å². The van der Waals surface area contributed by atoms with Crippen molar-refractivity contribution in [2.24, 2.45) is 0 Å². The molecule has 1 N–H and O–H groups in total. The second kappa shape index (κ2) is 5.85. The van der Waals surface area contributed by atoms with Gasteiger partial charge in [0.25, 0.3) is 0 Å². The average molecular weight is 312 g/mol. The van der Waals surface area contributed by atoms with Crippen LogP contribution >= 0.6 is 23.1 Å². The molecule has 1 aromatic heterocycles. The zero-order valence-corrected chi connectivity index (χ0v) is 14.4. The number of nitrogens with one attached hydrogen (secondary N) is 1. The Morgan fingerprint density at radius 1 is 1.45 bits per heavy atom. The number of thioether (sulfide) groups is 1. The van der Waals surface area contributed by atoms with Crippen LogP contribution < -0.4 is 10.2 Å². The Hall–Kier alpha value is -0.260. The summed E-state index contributed by atoms with van der Waals surface area (Å²) in [5, 5.41) is 4.85. The van der Waals surface area contributed by atoms with Crippen molar-refractivity contribution in [3.05, 3.63) is 10.6 Å². The number of fused-ring (bicyclic) bond motifs is 1. The van der Waals surface area contributed by atoms with Gasteiger partial charge in [-0.15, -0.1) is 11.3 Å². The van der Waals surface area contributed by atoms with Crippen LogP contribution in [0.2, 0.25) is 0 Å². The van der Waals surface area contributed by atoms with Crippen molar-refractivity contribution in [3.63, 3.8) is 0 Å². The highest BCUT2D eigenvalue weighted by Gasteiger charge is 2.31. The highest BCUT2D eigenvalue weighted by Crippen LogP contribution is 2.39. The van der Waals surface area contributed by atoms with Crippen LogP contribution in [-0.4, -0.2) is 35.1 Å². The number of thiazole rings is 1. The number of hydrogen-bond donors (Lipinski definition) is 1. The van der Waals surface area contributed by atoms with E-state index in [-0.39, 0.29) is 0 Å². The first-order chi connectivity index (χ1) is 9.59. The Kier molecular flexibility index (Phi) is 4.29. The summed E-state index contributed by atoms with van der Waals surface area (Å²) in [4.78, 5) is 9.04. The fraction of sp³-hybridized carbons (Fsp3) is 0.800. The molecule has 20 heavy (non-hydrogen) atoms. The first kappa shape index (κ1) is 14.7. The van der Waals surface area contributed by atoms with E-state index in [0.717, 1.165) is 19.6 Å². The van der Waals surface area contributed by atoms with E-state index in [9.17, 15) is 0 Å². The van der Waals surface area contributed by atoms with Gasteiger partial charge in [0, 0.05) is 28.5 Å². The Balaban J connectivity index is 1.81. The molecule has 0 amide bonds. The second-order valence-electron chi connectivity index (χ2n) is 6.34. The normalized spacial score (nSPS) is 25.6. The standard InChI is InChI=1S/C15H25N3S2/c1-4-16-11-6-5-7-12-13(11)17-14(20-12)18-8-9-19-15(2,3)10-18/h11,16H,4-10H2,1-3H3. The number of anilines is 1. The minimum Gasteiger partial charge on any atom is -0.346 e. The molecular formula is C15H25N3S2. The summed E-state index contributed by atoms with van der Waals surface area (Å²) >= 11 is 4.02. The third-order valence-corrected chi connectivity index (χ3v) is 6.58. The van der Waals surface area contributed by atoms with Crippen LogP contribution in [0.15, 0.2) is 0 Å². The number of aryl methyl sites for hydroxylation is 1. The van der Waals surface area contributed by atoms with Gasteiger partial charge in [0.05, 0.1) is 11.7 Å². The predicted molar refractivity (Wildman–Crippen MR) is 90.2 cm³/mol. The molecule has 0 spiro atoms. The Bertz CT molecular complexity index is 470. The molecule has 0 saturated carbocycles. The predicted octanol–water partition coefficient (Wildman–Crippen LogP) is 3.46. The molecule has 1 saturated heterocycles. The molecule has 3 nitrogen and oxygen atoms in total. The molecule has 0 aromatic carbocycles. The van der Waals surface area contributed by atoms with Crippen molar-refractivity contribution in [3.8, 4) is 0 Å². The van der Waals surface area contributed by atoms with E-state index >= 15 is 0 Å². The molecule has 1 aromatic rings. The van der Waals surface area contributed by atoms with Gasteiger partial charge in [-0.05, 0) is 39.7 Å². The van der Waals surface area contributed by atoms with Crippen molar-refractivity contribution in [2.45, 2.75) is 50.8 Å². The van der Waals surface area contributed by atoms with Crippen LogP contribution in [0.25, 0.3) is 0 Å². The molecule has 2 heterocycles. The van der Waals surface area contributed by atoms with Gasteiger partial charge >= 0.3 is 0 Å². The Morgan fingerprint density at radius 3 is 3.05 bits per heavy atom. The van der Waals surface area contributed by atoms with E-state index in [1.54, 1.807) is 0 Å². The highest BCUT2D eigenvalue weighted by atomic mass is 32.2. The lowest BCUT2D eigenvalue weighted by Crippen LogP contribution is -2.43. The molecule has 1 unspecified atom stereocenters. The third-order valence-electron chi connectivity index (χ3n) is 4.09. The lowest BCUT2D eigenvalue weighted by atomic mass is 9.98. The molecule has 1 atom stereocenters. The minimum absolute atomic E-state index is 0.353. The van der Waals surface area contributed by atoms with Crippen molar-refractivity contribution < 1.29 is 0 Å². The maximum atomic E-state index is 5.01. The number of hydrogen-bond acceptors (Lipinski definition) is 5. The van der Waals surface area contributed by atoms with E-state index in [0.29, 0.717) is 10.8 Å². The average Bonchev–Trinajstić information content (AvgIpc) is 2.83. The summed E-state index contributed by atoms with van der Waals surface area (Å²) in [7, 11) is 0. The van der Waals surface area contributed by atoms with E-state index in [1.165, 1.54) is 40.7 Å². The number of nitrogens with zero attached hydrogens (tertiary/aromatic N) is 2. The second-order valence-corrected chi connectivity index (χ2v) is 9.20. The molecule has 3 rings (SSSR count). The molecular weight excluding hydrogens is 286 g/mol. The van der Waals surface area contributed by atoms with Gasteiger partial charge < -0.3 is 10.2 Å². The van der Waals surface area contributed by atoms with Crippen LogP contribution in [0.5, 0.6) is 0 Å². The summed E-state index contributed by atoms with van der Waals surface area (Å²) in [5.74, 6) is 1.22. The van der Waals surface area contributed by atoms with Crippen LogP contribution in [0.1, 0.15) is 50.2 Å². The lowest BCUT2D eigenvalue weighted by Gasteiger charge is -2.37. The number of rotatable bonds is 3. The first-order valence-corrected chi connectivity index (χ1v) is 9.51. The minimum atomic E-state index is 0.353. The number of aromatic nitrogens is 1. The Morgan fingerprint density at radius 2 is 2.30 bits per heavy atom. The van der Waals surface area contributed by atoms with E-state index in [4.69, 9.17) is 4.98 Å². The monoisotopic (exact) mass is 311 g/mol. The quantitative estimate of drug-likeness (QED) is 0.925. The smallest absolute Gasteiger partial charge is 0.185 e. The van der Waals surface area contributed by atoms with Crippen LogP contribution in [-0.2, 0) is 6.42 Å². The topological polar surface area (TPSA) is 28.2 Å². The van der Waals surface area contributed by atoms with Gasteiger partial charge in [-0.2, -0.15) is 11.8 Å². The molecule has 1 aliphatic carbocycles. The molecule has 2 aliphatic rings. The van der Waals surface area contributed by atoms with E-state index in [2.05, 4.69) is 42.7 Å². The fourth-order valence-corrected chi connectivity index (χ4v) is 5.47. The van der Waals surface area contributed by atoms with Crippen molar-refractivity contribution in [1.82, 2.24) is 10.3 Å². The van der Waals surface area contributed by atoms with Gasteiger partial charge in [-0.25, -0.2) is 4.98 Å². The molecule has 0 bridgehead atoms. The first-order valence-electron chi connectivity index (χ1n) is 7.71. The van der Waals surface area contributed by atoms with Crippen LogP contribution in [0, 0.1) is 0 Å². The molecule has 112 valence electrons. The van der Waals surface area contributed by atoms with Gasteiger partial charge in [0.1, 0.15) is 0 Å². The van der Waals surface area contributed by atoms with Gasteiger partial charge in [-0.1, -0.05) is 6.92 Å². The summed E-state index contributed by atoms with van der Waals surface area (Å²) in [6.07, 6.45) is 3.76. The fourth-order valence-electron chi connectivity index (χ4n) is 3.17. The zero-order chi connectivity index (χ0) is 14.2. The maximum absolute atomic E-state index is 5.01. The van der Waals surface area contributed by atoms with Crippen molar-refractivity contribution >= 4 is 28.2 Å². The zero-order valence-electron chi connectivity index (χ0n) is 12.7. The maximum Gasteiger partial charge on any atom is 0.185 e. The summed E-state index contributed by atoms with van der Waals surface area (Å²) in [6, 6.07) is 0.487. The molecule has 1 aliphatic heterocycles. The summed E-state index contributed by atoms with van der Waals surface area (Å²) < 4.78 is 0.353. The van der Waals surface area contributed by atoms with Gasteiger partial charge in [-0.3, -0.25) is 0 Å². The SMILES string of the molecule is CCNC1CCCc2sc(N3CCSC(C)(C)C3)nc21. The Labute approximate surface area is 130 Å². The summed E-state index contributed by atoms with van der Waals surface area (Å²) in [6.45, 7) is 10.2.